The monoisotopic (exact) mass is 277 g/mol. The third kappa shape index (κ3) is 1.81. The summed E-state index contributed by atoms with van der Waals surface area (Å²) in [7, 11) is 0. The Balaban J connectivity index is 1.47. The molecule has 106 valence electrons. The van der Waals surface area contributed by atoms with Gasteiger partial charge in [-0.3, -0.25) is 4.79 Å². The van der Waals surface area contributed by atoms with E-state index in [4.69, 9.17) is 0 Å². The van der Waals surface area contributed by atoms with E-state index in [-0.39, 0.29) is 11.8 Å². The maximum absolute atomic E-state index is 12.4. The molecule has 2 fully saturated rings. The first-order chi connectivity index (χ1) is 10.3. The van der Waals surface area contributed by atoms with E-state index in [1.807, 2.05) is 0 Å². The third-order valence-electron chi connectivity index (χ3n) is 5.54. The van der Waals surface area contributed by atoms with Crippen LogP contribution in [0.5, 0.6) is 0 Å². The lowest BCUT2D eigenvalue weighted by Gasteiger charge is -2.10. The van der Waals surface area contributed by atoms with Gasteiger partial charge in [0.1, 0.15) is 0 Å². The lowest BCUT2D eigenvalue weighted by molar-refractivity contribution is -0.117. The lowest BCUT2D eigenvalue weighted by Crippen LogP contribution is -2.15. The van der Waals surface area contributed by atoms with Gasteiger partial charge >= 0.3 is 0 Å². The minimum atomic E-state index is 0.241. The highest BCUT2D eigenvalue weighted by atomic mass is 16.2. The van der Waals surface area contributed by atoms with E-state index in [9.17, 15) is 4.79 Å². The molecule has 1 amide bonds. The van der Waals surface area contributed by atoms with Gasteiger partial charge in [0, 0.05) is 17.0 Å². The summed E-state index contributed by atoms with van der Waals surface area (Å²) >= 11 is 0. The molecule has 0 radical (unpaired) electrons. The van der Waals surface area contributed by atoms with Crippen molar-refractivity contribution in [2.45, 2.75) is 32.1 Å². The highest BCUT2D eigenvalue weighted by Crippen LogP contribution is 2.54. The number of hydrogen-bond donors (Lipinski definition) is 1. The van der Waals surface area contributed by atoms with Gasteiger partial charge in [0.05, 0.1) is 0 Å². The zero-order valence-corrected chi connectivity index (χ0v) is 12.1. The van der Waals surface area contributed by atoms with Crippen LogP contribution in [0.4, 0.5) is 5.69 Å². The van der Waals surface area contributed by atoms with Crippen LogP contribution in [0.15, 0.2) is 30.3 Å². The summed E-state index contributed by atoms with van der Waals surface area (Å²) in [6.07, 6.45) is 6.07. The molecule has 2 saturated carbocycles. The van der Waals surface area contributed by atoms with Crippen molar-refractivity contribution < 1.29 is 4.79 Å². The molecule has 2 atom stereocenters. The fraction of sp³-hybridized carbons (Fsp3) is 0.421. The number of benzene rings is 2. The number of aryl methyl sites for hydroxylation is 2. The van der Waals surface area contributed by atoms with Gasteiger partial charge in [-0.15, -0.1) is 0 Å². The summed E-state index contributed by atoms with van der Waals surface area (Å²) in [5, 5.41) is 5.80. The summed E-state index contributed by atoms with van der Waals surface area (Å²) < 4.78 is 0. The van der Waals surface area contributed by atoms with Crippen LogP contribution in [-0.4, -0.2) is 5.91 Å². The van der Waals surface area contributed by atoms with Crippen molar-refractivity contribution in [3.63, 3.8) is 0 Å². The van der Waals surface area contributed by atoms with Crippen LogP contribution in [0.2, 0.25) is 0 Å². The summed E-state index contributed by atoms with van der Waals surface area (Å²) in [5.74, 6) is 2.06. The molecule has 0 aromatic heterocycles. The molecule has 0 aliphatic heterocycles. The van der Waals surface area contributed by atoms with E-state index < -0.39 is 0 Å². The molecule has 2 aromatic rings. The molecule has 0 heterocycles. The summed E-state index contributed by atoms with van der Waals surface area (Å²) in [4.78, 5) is 12.4. The zero-order valence-electron chi connectivity index (χ0n) is 12.1. The highest BCUT2D eigenvalue weighted by Gasteiger charge is 2.51. The normalized spacial score (nSPS) is 26.1. The number of hydrogen-bond acceptors (Lipinski definition) is 1. The largest absolute Gasteiger partial charge is 0.325 e. The first kappa shape index (κ1) is 11.8. The number of anilines is 1. The number of carbonyl (C=O) groups is 1. The van der Waals surface area contributed by atoms with Gasteiger partial charge in [-0.25, -0.2) is 0 Å². The Kier molecular flexibility index (Phi) is 2.30. The van der Waals surface area contributed by atoms with Crippen molar-refractivity contribution in [3.05, 3.63) is 41.5 Å². The molecule has 2 aromatic carbocycles. The first-order valence-corrected chi connectivity index (χ1v) is 8.15. The second-order valence-corrected chi connectivity index (χ2v) is 6.94. The minimum absolute atomic E-state index is 0.241. The molecule has 0 unspecified atom stereocenters. The Hall–Kier alpha value is -1.83. The van der Waals surface area contributed by atoms with Crippen molar-refractivity contribution in [2.75, 3.05) is 5.32 Å². The molecule has 2 nitrogen and oxygen atoms in total. The Morgan fingerprint density at radius 3 is 2.67 bits per heavy atom. The average molecular weight is 277 g/mol. The number of rotatable bonds is 3. The number of carbonyl (C=O) groups excluding carboxylic acids is 1. The van der Waals surface area contributed by atoms with Gasteiger partial charge in [-0.1, -0.05) is 24.3 Å². The second-order valence-electron chi connectivity index (χ2n) is 6.94. The predicted octanol–water partition coefficient (Wildman–Crippen LogP) is 3.92. The Labute approximate surface area is 124 Å². The van der Waals surface area contributed by atoms with Gasteiger partial charge in [-0.2, -0.15) is 0 Å². The quantitative estimate of drug-likeness (QED) is 0.905. The van der Waals surface area contributed by atoms with Gasteiger partial charge in [0.25, 0.3) is 0 Å². The van der Waals surface area contributed by atoms with Gasteiger partial charge in [-0.05, 0) is 66.5 Å². The van der Waals surface area contributed by atoms with Crippen molar-refractivity contribution in [1.82, 2.24) is 0 Å². The van der Waals surface area contributed by atoms with Crippen LogP contribution < -0.4 is 5.32 Å². The Morgan fingerprint density at radius 2 is 1.86 bits per heavy atom. The molecule has 21 heavy (non-hydrogen) atoms. The fourth-order valence-corrected chi connectivity index (χ4v) is 4.14. The Morgan fingerprint density at radius 1 is 1.05 bits per heavy atom. The maximum Gasteiger partial charge on any atom is 0.227 e. The SMILES string of the molecule is O=C(Nc1ccc2c3c(cccc13)CC2)[C@H]1C[C@@H]1C1CC1. The summed E-state index contributed by atoms with van der Waals surface area (Å²) in [6, 6.07) is 10.8. The van der Waals surface area contributed by atoms with Crippen molar-refractivity contribution >= 4 is 22.4 Å². The molecule has 3 aliphatic rings. The van der Waals surface area contributed by atoms with Crippen LogP contribution in [0.25, 0.3) is 10.8 Å². The van der Waals surface area contributed by atoms with Crippen molar-refractivity contribution in [2.24, 2.45) is 17.8 Å². The standard InChI is InChI=1S/C19H19NO/c21-19(16-10-15(16)11-4-5-11)20-17-9-8-13-7-6-12-2-1-3-14(17)18(12)13/h1-3,8-9,11,15-16H,4-7,10H2,(H,20,21)/t15-,16+/m1/s1. The van der Waals surface area contributed by atoms with E-state index >= 15 is 0 Å². The van der Waals surface area contributed by atoms with Crippen LogP contribution in [-0.2, 0) is 17.6 Å². The van der Waals surface area contributed by atoms with Gasteiger partial charge in [0.2, 0.25) is 5.91 Å². The lowest BCUT2D eigenvalue weighted by atomic mass is 10.0. The molecular weight excluding hydrogens is 258 g/mol. The number of amides is 1. The van der Waals surface area contributed by atoms with E-state index in [0.29, 0.717) is 5.92 Å². The molecular formula is C19H19NO. The zero-order chi connectivity index (χ0) is 14.0. The molecule has 5 rings (SSSR count). The fourth-order valence-electron chi connectivity index (χ4n) is 4.14. The molecule has 0 saturated heterocycles. The van der Waals surface area contributed by atoms with E-state index in [1.54, 1.807) is 0 Å². The maximum atomic E-state index is 12.4. The van der Waals surface area contributed by atoms with Gasteiger partial charge in [0.15, 0.2) is 0 Å². The minimum Gasteiger partial charge on any atom is -0.325 e. The second kappa shape index (κ2) is 4.09. The van der Waals surface area contributed by atoms with Crippen LogP contribution in [0, 0.1) is 17.8 Å². The van der Waals surface area contributed by atoms with Crippen LogP contribution in [0.1, 0.15) is 30.4 Å². The van der Waals surface area contributed by atoms with Crippen LogP contribution in [0.3, 0.4) is 0 Å². The smallest absolute Gasteiger partial charge is 0.227 e. The molecule has 3 aliphatic carbocycles. The molecule has 0 bridgehead atoms. The summed E-state index contributed by atoms with van der Waals surface area (Å²) in [6.45, 7) is 0. The van der Waals surface area contributed by atoms with Crippen molar-refractivity contribution in [3.8, 4) is 0 Å². The molecule has 2 heteroatoms. The van der Waals surface area contributed by atoms with E-state index in [0.717, 1.165) is 30.9 Å². The highest BCUT2D eigenvalue weighted by molar-refractivity contribution is 6.06. The number of nitrogens with one attached hydrogen (secondary N) is 1. The molecule has 0 spiro atoms. The topological polar surface area (TPSA) is 29.1 Å². The average Bonchev–Trinajstić information content (AvgIpc) is 3.38. The van der Waals surface area contributed by atoms with Crippen molar-refractivity contribution in [1.29, 1.82) is 0 Å². The third-order valence-corrected chi connectivity index (χ3v) is 5.54. The summed E-state index contributed by atoms with van der Waals surface area (Å²) in [5.41, 5.74) is 3.87. The predicted molar refractivity (Wildman–Crippen MR) is 84.3 cm³/mol. The van der Waals surface area contributed by atoms with Gasteiger partial charge < -0.3 is 5.32 Å². The van der Waals surface area contributed by atoms with Crippen LogP contribution >= 0.6 is 0 Å². The molecule has 1 N–H and O–H groups in total. The Bertz CT molecular complexity index is 749. The first-order valence-electron chi connectivity index (χ1n) is 8.15. The van der Waals surface area contributed by atoms with E-state index in [2.05, 4.69) is 35.6 Å². The van der Waals surface area contributed by atoms with E-state index in [1.165, 1.54) is 34.7 Å².